The molecule has 4 nitrogen and oxygen atoms in total. The number of nitrogens with two attached hydrogens (primary N) is 1. The van der Waals surface area contributed by atoms with Crippen molar-refractivity contribution in [2.45, 2.75) is 33.4 Å². The van der Waals surface area contributed by atoms with Gasteiger partial charge < -0.3 is 5.73 Å². The minimum Gasteiger partial charge on any atom is -0.320 e. The lowest BCUT2D eigenvalue weighted by Crippen LogP contribution is -2.30. The zero-order valence-corrected chi connectivity index (χ0v) is 11.6. The van der Waals surface area contributed by atoms with Gasteiger partial charge in [0.15, 0.2) is 0 Å². The Hall–Kier alpha value is -1.94. The molecule has 0 spiro atoms. The minimum atomic E-state index is -0.410. The normalized spacial score (nSPS) is 12.4. The average molecular weight is 257 g/mol. The Balaban J connectivity index is 2.49. The van der Waals surface area contributed by atoms with Gasteiger partial charge in [-0.1, -0.05) is 29.8 Å². The van der Waals surface area contributed by atoms with Gasteiger partial charge in [-0.3, -0.25) is 4.79 Å². The highest BCUT2D eigenvalue weighted by Crippen LogP contribution is 2.17. The molecule has 2 aromatic rings. The van der Waals surface area contributed by atoms with Crippen molar-refractivity contribution in [3.8, 4) is 0 Å². The Morgan fingerprint density at radius 3 is 2.47 bits per heavy atom. The van der Waals surface area contributed by atoms with Crippen LogP contribution in [0.25, 0.3) is 0 Å². The van der Waals surface area contributed by atoms with Gasteiger partial charge in [-0.25, -0.2) is 4.68 Å². The van der Waals surface area contributed by atoms with Gasteiger partial charge in [-0.05, 0) is 32.4 Å². The zero-order valence-electron chi connectivity index (χ0n) is 11.6. The van der Waals surface area contributed by atoms with Crippen molar-refractivity contribution in [1.82, 2.24) is 9.78 Å². The summed E-state index contributed by atoms with van der Waals surface area (Å²) in [5.74, 6) is 0. The summed E-state index contributed by atoms with van der Waals surface area (Å²) in [7, 11) is 0. The van der Waals surface area contributed by atoms with Gasteiger partial charge in [-0.15, -0.1) is 0 Å². The molecule has 0 saturated carbocycles. The topological polar surface area (TPSA) is 60.9 Å². The number of aromatic nitrogens is 2. The summed E-state index contributed by atoms with van der Waals surface area (Å²) in [6.45, 7) is 6.34. The van der Waals surface area contributed by atoms with Crippen LogP contribution in [0, 0.1) is 13.8 Å². The van der Waals surface area contributed by atoms with E-state index in [0.29, 0.717) is 12.1 Å². The molecule has 0 saturated heterocycles. The summed E-state index contributed by atoms with van der Waals surface area (Å²) in [5.41, 5.74) is 9.62. The van der Waals surface area contributed by atoms with Crippen LogP contribution < -0.4 is 11.3 Å². The van der Waals surface area contributed by atoms with E-state index in [9.17, 15) is 4.79 Å². The van der Waals surface area contributed by atoms with E-state index in [0.717, 1.165) is 11.3 Å². The van der Waals surface area contributed by atoms with Gasteiger partial charge >= 0.3 is 0 Å². The number of nitrogens with zero attached hydrogens (tertiary/aromatic N) is 2. The first-order valence-electron chi connectivity index (χ1n) is 6.43. The van der Waals surface area contributed by atoms with Gasteiger partial charge in [0, 0.05) is 12.1 Å². The highest BCUT2D eigenvalue weighted by molar-refractivity contribution is 5.32. The molecule has 2 rings (SSSR count). The van der Waals surface area contributed by atoms with Crippen LogP contribution in [0.15, 0.2) is 35.1 Å². The molecule has 0 amide bonds. The number of hydrogen-bond acceptors (Lipinski definition) is 3. The van der Waals surface area contributed by atoms with Gasteiger partial charge in [0.05, 0.1) is 11.7 Å². The molecule has 0 aliphatic rings. The number of benzene rings is 1. The van der Waals surface area contributed by atoms with Crippen molar-refractivity contribution in [2.24, 2.45) is 5.73 Å². The first kappa shape index (κ1) is 13.5. The van der Waals surface area contributed by atoms with E-state index in [1.165, 1.54) is 10.2 Å². The van der Waals surface area contributed by atoms with Crippen molar-refractivity contribution < 1.29 is 0 Å². The second kappa shape index (κ2) is 5.36. The van der Waals surface area contributed by atoms with Crippen molar-refractivity contribution >= 4 is 0 Å². The molecule has 0 bridgehead atoms. The van der Waals surface area contributed by atoms with Crippen LogP contribution in [0.4, 0.5) is 0 Å². The van der Waals surface area contributed by atoms with Crippen molar-refractivity contribution in [1.29, 1.82) is 0 Å². The zero-order chi connectivity index (χ0) is 14.0. The molecule has 1 atom stereocenters. The van der Waals surface area contributed by atoms with Crippen LogP contribution in [0.3, 0.4) is 0 Å². The first-order valence-corrected chi connectivity index (χ1v) is 6.43. The standard InChI is InChI=1S/C15H19N3O/c1-4-18-15(19)13(9-11(3)17-18)14(16)12-7-5-10(2)6-8-12/h5-9,14H,4,16H2,1-3H3. The summed E-state index contributed by atoms with van der Waals surface area (Å²) in [4.78, 5) is 12.3. The lowest BCUT2D eigenvalue weighted by atomic mass is 10.00. The van der Waals surface area contributed by atoms with Crippen molar-refractivity contribution in [2.75, 3.05) is 0 Å². The van der Waals surface area contributed by atoms with E-state index >= 15 is 0 Å². The molecule has 1 aromatic heterocycles. The fourth-order valence-electron chi connectivity index (χ4n) is 2.09. The fraction of sp³-hybridized carbons (Fsp3) is 0.333. The van der Waals surface area contributed by atoms with E-state index in [4.69, 9.17) is 5.73 Å². The van der Waals surface area contributed by atoms with E-state index in [1.807, 2.05) is 45.0 Å². The molecule has 2 N–H and O–H groups in total. The average Bonchev–Trinajstić information content (AvgIpc) is 2.41. The molecule has 0 radical (unpaired) electrons. The van der Waals surface area contributed by atoms with Gasteiger partial charge in [-0.2, -0.15) is 5.10 Å². The maximum Gasteiger partial charge on any atom is 0.271 e. The lowest BCUT2D eigenvalue weighted by Gasteiger charge is -2.14. The van der Waals surface area contributed by atoms with Crippen LogP contribution in [0.2, 0.25) is 0 Å². The maximum absolute atomic E-state index is 12.3. The lowest BCUT2D eigenvalue weighted by molar-refractivity contribution is 0.591. The van der Waals surface area contributed by atoms with Crippen LogP contribution >= 0.6 is 0 Å². The largest absolute Gasteiger partial charge is 0.320 e. The van der Waals surface area contributed by atoms with Gasteiger partial charge in [0.2, 0.25) is 0 Å². The second-order valence-corrected chi connectivity index (χ2v) is 4.75. The molecular formula is C15H19N3O. The summed E-state index contributed by atoms with van der Waals surface area (Å²) < 4.78 is 1.46. The van der Waals surface area contributed by atoms with Gasteiger partial charge in [0.1, 0.15) is 0 Å². The third-order valence-electron chi connectivity index (χ3n) is 3.20. The minimum absolute atomic E-state index is 0.110. The monoisotopic (exact) mass is 257 g/mol. The third kappa shape index (κ3) is 2.74. The quantitative estimate of drug-likeness (QED) is 0.914. The highest BCUT2D eigenvalue weighted by Gasteiger charge is 2.15. The van der Waals surface area contributed by atoms with Crippen LogP contribution in [-0.4, -0.2) is 9.78 Å². The van der Waals surface area contributed by atoms with Crippen LogP contribution in [0.1, 0.15) is 35.3 Å². The predicted octanol–water partition coefficient (Wildman–Crippen LogP) is 1.93. The summed E-state index contributed by atoms with van der Waals surface area (Å²) in [6.07, 6.45) is 0. The summed E-state index contributed by atoms with van der Waals surface area (Å²) in [5, 5.41) is 4.19. The Morgan fingerprint density at radius 1 is 1.26 bits per heavy atom. The molecule has 0 aliphatic carbocycles. The molecule has 1 heterocycles. The Labute approximate surface area is 112 Å². The molecular weight excluding hydrogens is 238 g/mol. The molecule has 0 fully saturated rings. The Morgan fingerprint density at radius 2 is 1.89 bits per heavy atom. The summed E-state index contributed by atoms with van der Waals surface area (Å²) in [6, 6.07) is 9.30. The Bertz CT molecular complexity index is 629. The first-order chi connectivity index (χ1) is 9.02. The molecule has 19 heavy (non-hydrogen) atoms. The molecule has 0 aliphatic heterocycles. The third-order valence-corrected chi connectivity index (χ3v) is 3.20. The van der Waals surface area contributed by atoms with Crippen LogP contribution in [0.5, 0.6) is 0 Å². The highest BCUT2D eigenvalue weighted by atomic mass is 16.1. The second-order valence-electron chi connectivity index (χ2n) is 4.75. The van der Waals surface area contributed by atoms with E-state index in [1.54, 1.807) is 6.07 Å². The van der Waals surface area contributed by atoms with E-state index in [2.05, 4.69) is 5.10 Å². The SMILES string of the molecule is CCn1nc(C)cc(C(N)c2ccc(C)cc2)c1=O. The predicted molar refractivity (Wildman–Crippen MR) is 76.1 cm³/mol. The van der Waals surface area contributed by atoms with E-state index < -0.39 is 6.04 Å². The molecule has 1 aromatic carbocycles. The van der Waals surface area contributed by atoms with Crippen molar-refractivity contribution in [3.63, 3.8) is 0 Å². The van der Waals surface area contributed by atoms with E-state index in [-0.39, 0.29) is 5.56 Å². The molecule has 100 valence electrons. The van der Waals surface area contributed by atoms with Crippen molar-refractivity contribution in [3.05, 3.63) is 63.1 Å². The number of rotatable bonds is 3. The van der Waals surface area contributed by atoms with Crippen LogP contribution in [-0.2, 0) is 6.54 Å². The number of aryl methyl sites for hydroxylation is 3. The molecule has 1 unspecified atom stereocenters. The summed E-state index contributed by atoms with van der Waals surface area (Å²) >= 11 is 0. The number of hydrogen-bond donors (Lipinski definition) is 1. The fourth-order valence-corrected chi connectivity index (χ4v) is 2.09. The van der Waals surface area contributed by atoms with Gasteiger partial charge in [0.25, 0.3) is 5.56 Å². The maximum atomic E-state index is 12.3. The Kier molecular flexibility index (Phi) is 3.81. The smallest absolute Gasteiger partial charge is 0.271 e. The molecule has 4 heteroatoms.